The lowest BCUT2D eigenvalue weighted by Gasteiger charge is -2.33. The Morgan fingerprint density at radius 3 is 2.81 bits per heavy atom. The maximum absolute atomic E-state index is 13.3. The molecule has 1 saturated heterocycles. The van der Waals surface area contributed by atoms with Gasteiger partial charge in [-0.1, -0.05) is 12.1 Å². The van der Waals surface area contributed by atoms with Crippen molar-refractivity contribution in [1.29, 1.82) is 0 Å². The quantitative estimate of drug-likeness (QED) is 0.903. The first kappa shape index (κ1) is 15.3. The molecule has 0 unspecified atom stereocenters. The Morgan fingerprint density at radius 2 is 2.10 bits per heavy atom. The Bertz CT molecular complexity index is 520. The largest absolute Gasteiger partial charge is 0.490 e. The van der Waals surface area contributed by atoms with Gasteiger partial charge in [-0.05, 0) is 31.4 Å². The third-order valence-corrected chi connectivity index (χ3v) is 3.52. The van der Waals surface area contributed by atoms with Crippen molar-refractivity contribution in [2.75, 3.05) is 13.2 Å². The molecule has 1 aliphatic heterocycles. The number of ether oxygens (including phenoxy) is 1. The molecule has 1 N–H and O–H groups in total. The van der Waals surface area contributed by atoms with E-state index in [1.807, 2.05) is 0 Å². The average molecular weight is 295 g/mol. The number of carbonyl (C=O) groups excluding carboxylic acids is 1. The van der Waals surface area contributed by atoms with Crippen molar-refractivity contribution in [3.05, 3.63) is 30.1 Å². The Kier molecular flexibility index (Phi) is 5.14. The fourth-order valence-corrected chi connectivity index (χ4v) is 2.44. The monoisotopic (exact) mass is 295 g/mol. The fraction of sp³-hybridized carbons (Fsp3) is 0.467. The van der Waals surface area contributed by atoms with Gasteiger partial charge in [-0.15, -0.1) is 0 Å². The highest BCUT2D eigenvalue weighted by atomic mass is 19.1. The van der Waals surface area contributed by atoms with Crippen molar-refractivity contribution in [2.24, 2.45) is 0 Å². The van der Waals surface area contributed by atoms with Gasteiger partial charge in [-0.25, -0.2) is 9.18 Å². The minimum atomic E-state index is -0.974. The van der Waals surface area contributed by atoms with Gasteiger partial charge in [0.05, 0.1) is 13.0 Å². The van der Waals surface area contributed by atoms with E-state index >= 15 is 0 Å². The van der Waals surface area contributed by atoms with Gasteiger partial charge < -0.3 is 14.7 Å². The summed E-state index contributed by atoms with van der Waals surface area (Å²) in [5, 5.41) is 9.12. The fourth-order valence-electron chi connectivity index (χ4n) is 2.44. The van der Waals surface area contributed by atoms with Gasteiger partial charge in [-0.2, -0.15) is 0 Å². The number of aliphatic carboxylic acids is 1. The van der Waals surface area contributed by atoms with Crippen molar-refractivity contribution in [2.45, 2.75) is 31.7 Å². The van der Waals surface area contributed by atoms with E-state index < -0.39 is 17.8 Å². The second kappa shape index (κ2) is 7.06. The van der Waals surface area contributed by atoms with Crippen LogP contribution in [-0.4, -0.2) is 41.1 Å². The molecule has 5 nitrogen and oxygen atoms in total. The van der Waals surface area contributed by atoms with Crippen LogP contribution in [0, 0.1) is 5.82 Å². The molecule has 1 aromatic carbocycles. The number of benzene rings is 1. The number of carboxylic acids is 1. The topological polar surface area (TPSA) is 66.8 Å². The molecule has 21 heavy (non-hydrogen) atoms. The Labute approximate surface area is 122 Å². The molecule has 0 saturated carbocycles. The van der Waals surface area contributed by atoms with E-state index in [2.05, 4.69) is 0 Å². The molecule has 114 valence electrons. The first-order chi connectivity index (χ1) is 10.1. The molecule has 6 heteroatoms. The van der Waals surface area contributed by atoms with Gasteiger partial charge >= 0.3 is 5.97 Å². The maximum atomic E-state index is 13.3. The van der Waals surface area contributed by atoms with Crippen LogP contribution in [0.2, 0.25) is 0 Å². The van der Waals surface area contributed by atoms with Crippen LogP contribution < -0.4 is 4.74 Å². The van der Waals surface area contributed by atoms with Crippen LogP contribution in [0.3, 0.4) is 0 Å². The first-order valence-corrected chi connectivity index (χ1v) is 6.99. The van der Waals surface area contributed by atoms with E-state index in [-0.39, 0.29) is 24.7 Å². The number of carboxylic acid groups (broad SMARTS) is 1. The summed E-state index contributed by atoms with van der Waals surface area (Å²) in [4.78, 5) is 24.6. The van der Waals surface area contributed by atoms with E-state index in [0.29, 0.717) is 13.0 Å². The summed E-state index contributed by atoms with van der Waals surface area (Å²) in [6, 6.07) is 5.21. The van der Waals surface area contributed by atoms with Crippen LogP contribution in [0.15, 0.2) is 24.3 Å². The lowest BCUT2D eigenvalue weighted by molar-refractivity contribution is -0.152. The molecule has 2 rings (SSSR count). The van der Waals surface area contributed by atoms with Gasteiger partial charge in [0.25, 0.3) is 0 Å². The van der Waals surface area contributed by atoms with Crippen molar-refractivity contribution >= 4 is 11.9 Å². The van der Waals surface area contributed by atoms with Crippen LogP contribution in [0.25, 0.3) is 0 Å². The second-order valence-electron chi connectivity index (χ2n) is 4.97. The van der Waals surface area contributed by atoms with Crippen molar-refractivity contribution in [1.82, 2.24) is 4.90 Å². The molecule has 1 heterocycles. The van der Waals surface area contributed by atoms with Crippen LogP contribution in [0.1, 0.15) is 25.7 Å². The molecule has 0 spiro atoms. The zero-order valence-corrected chi connectivity index (χ0v) is 11.6. The smallest absolute Gasteiger partial charge is 0.326 e. The normalized spacial score (nSPS) is 18.3. The molecule has 1 aliphatic rings. The van der Waals surface area contributed by atoms with Crippen molar-refractivity contribution < 1.29 is 23.8 Å². The standard InChI is InChI=1S/C15H18FNO4/c16-11-5-1-2-7-13(11)21-10-8-14(18)17-9-4-3-6-12(17)15(19)20/h1-2,5,7,12H,3-4,6,8-10H2,(H,19,20)/t12-/m1/s1. The maximum Gasteiger partial charge on any atom is 0.326 e. The summed E-state index contributed by atoms with van der Waals surface area (Å²) in [6.07, 6.45) is 2.14. The lowest BCUT2D eigenvalue weighted by Crippen LogP contribution is -2.48. The minimum absolute atomic E-state index is 0.0304. The highest BCUT2D eigenvalue weighted by molar-refractivity contribution is 5.83. The number of para-hydroxylation sites is 1. The summed E-state index contributed by atoms with van der Waals surface area (Å²) in [6.45, 7) is 0.484. The van der Waals surface area contributed by atoms with E-state index in [0.717, 1.165) is 12.8 Å². The van der Waals surface area contributed by atoms with Crippen molar-refractivity contribution in [3.63, 3.8) is 0 Å². The summed E-state index contributed by atoms with van der Waals surface area (Å²) >= 11 is 0. The predicted molar refractivity (Wildman–Crippen MR) is 73.5 cm³/mol. The number of nitrogens with zero attached hydrogens (tertiary/aromatic N) is 1. The highest BCUT2D eigenvalue weighted by Crippen LogP contribution is 2.19. The molecular formula is C15H18FNO4. The van der Waals surface area contributed by atoms with E-state index in [1.54, 1.807) is 12.1 Å². The summed E-state index contributed by atoms with van der Waals surface area (Å²) < 4.78 is 18.6. The summed E-state index contributed by atoms with van der Waals surface area (Å²) in [5.41, 5.74) is 0. The molecule has 0 aromatic heterocycles. The number of halogens is 1. The van der Waals surface area contributed by atoms with E-state index in [4.69, 9.17) is 9.84 Å². The number of hydrogen-bond donors (Lipinski definition) is 1. The van der Waals surface area contributed by atoms with E-state index in [1.165, 1.54) is 17.0 Å². The van der Waals surface area contributed by atoms with Crippen LogP contribution in [0.4, 0.5) is 4.39 Å². The third kappa shape index (κ3) is 3.93. The van der Waals surface area contributed by atoms with Gasteiger partial charge in [0.2, 0.25) is 5.91 Å². The number of piperidine rings is 1. The molecule has 1 amide bonds. The number of carbonyl (C=O) groups is 2. The Morgan fingerprint density at radius 1 is 1.33 bits per heavy atom. The van der Waals surface area contributed by atoms with Gasteiger partial charge in [0.1, 0.15) is 6.04 Å². The average Bonchev–Trinajstić information content (AvgIpc) is 2.49. The third-order valence-electron chi connectivity index (χ3n) is 3.52. The molecular weight excluding hydrogens is 277 g/mol. The number of likely N-dealkylation sites (tertiary alicyclic amines) is 1. The minimum Gasteiger partial charge on any atom is -0.490 e. The highest BCUT2D eigenvalue weighted by Gasteiger charge is 2.31. The predicted octanol–water partition coefficient (Wildman–Crippen LogP) is 2.06. The molecule has 1 fully saturated rings. The number of amides is 1. The van der Waals surface area contributed by atoms with Gasteiger partial charge in [0.15, 0.2) is 11.6 Å². The molecule has 0 radical (unpaired) electrons. The SMILES string of the molecule is O=C(O)[C@H]1CCCCN1C(=O)CCOc1ccccc1F. The number of rotatable bonds is 5. The van der Waals surface area contributed by atoms with Gasteiger partial charge in [-0.3, -0.25) is 4.79 Å². The van der Waals surface area contributed by atoms with Crippen LogP contribution in [0.5, 0.6) is 5.75 Å². The van der Waals surface area contributed by atoms with Crippen molar-refractivity contribution in [3.8, 4) is 5.75 Å². The summed E-state index contributed by atoms with van der Waals surface area (Å²) in [7, 11) is 0. The molecule has 1 aromatic rings. The first-order valence-electron chi connectivity index (χ1n) is 6.99. The molecule has 0 bridgehead atoms. The number of hydrogen-bond acceptors (Lipinski definition) is 3. The molecule has 0 aliphatic carbocycles. The van der Waals surface area contributed by atoms with E-state index in [9.17, 15) is 14.0 Å². The zero-order chi connectivity index (χ0) is 15.2. The Balaban J connectivity index is 1.86. The molecule has 1 atom stereocenters. The van der Waals surface area contributed by atoms with Crippen LogP contribution in [-0.2, 0) is 9.59 Å². The zero-order valence-electron chi connectivity index (χ0n) is 11.6. The van der Waals surface area contributed by atoms with Crippen LogP contribution >= 0.6 is 0 Å². The second-order valence-corrected chi connectivity index (χ2v) is 4.97. The lowest BCUT2D eigenvalue weighted by atomic mass is 10.0. The van der Waals surface area contributed by atoms with Gasteiger partial charge in [0, 0.05) is 6.54 Å². The Hall–Kier alpha value is -2.11. The summed E-state index contributed by atoms with van der Waals surface area (Å²) in [5.74, 6) is -1.62.